The molecule has 0 atom stereocenters. The molecule has 8 heteroatoms. The molecule has 0 aromatic heterocycles. The average Bonchev–Trinajstić information content (AvgIpc) is 2.54. The molecule has 1 heterocycles. The van der Waals surface area contributed by atoms with Crippen LogP contribution in [0, 0.1) is 11.3 Å². The van der Waals surface area contributed by atoms with Crippen LogP contribution in [0.5, 0.6) is 0 Å². The summed E-state index contributed by atoms with van der Waals surface area (Å²) in [5, 5.41) is 9.00. The van der Waals surface area contributed by atoms with Gasteiger partial charge in [0.05, 0.1) is 18.2 Å². The van der Waals surface area contributed by atoms with Gasteiger partial charge in [0.2, 0.25) is 0 Å². The Balaban J connectivity index is 2.10. The Morgan fingerprint density at radius 3 is 2.42 bits per heavy atom. The van der Waals surface area contributed by atoms with Crippen LogP contribution in [0.2, 0.25) is 0 Å². The van der Waals surface area contributed by atoms with Crippen LogP contribution in [0.25, 0.3) is 0 Å². The number of hydrogen-bond donors (Lipinski definition) is 0. The zero-order valence-electron chi connectivity index (χ0n) is 13.1. The quantitative estimate of drug-likeness (QED) is 0.609. The smallest absolute Gasteiger partial charge is 0.319 e. The Hall–Kier alpha value is -2.14. The van der Waals surface area contributed by atoms with Crippen molar-refractivity contribution in [3.05, 3.63) is 29.3 Å². The highest BCUT2D eigenvalue weighted by Crippen LogP contribution is 2.27. The maximum absolute atomic E-state index is 13.1. The van der Waals surface area contributed by atoms with E-state index in [-0.39, 0.29) is 18.9 Å². The van der Waals surface area contributed by atoms with Gasteiger partial charge >= 0.3 is 12.3 Å². The molecule has 1 aromatic carbocycles. The monoisotopic (exact) mass is 343 g/mol. The molecule has 0 N–H and O–H groups in total. The summed E-state index contributed by atoms with van der Waals surface area (Å²) >= 11 is 0. The van der Waals surface area contributed by atoms with E-state index in [9.17, 15) is 22.4 Å². The molecular formula is C16H17F4N3O. The Bertz CT molecular complexity index is 649. The summed E-state index contributed by atoms with van der Waals surface area (Å²) in [5.74, 6) is -4.20. The second-order valence-electron chi connectivity index (χ2n) is 5.72. The van der Waals surface area contributed by atoms with Gasteiger partial charge in [-0.2, -0.15) is 14.0 Å². The number of alkyl halides is 4. The number of rotatable bonds is 5. The zero-order chi connectivity index (χ0) is 17.9. The van der Waals surface area contributed by atoms with Gasteiger partial charge in [-0.25, -0.2) is 8.78 Å². The lowest BCUT2D eigenvalue weighted by molar-refractivity contribution is -0.142. The van der Waals surface area contributed by atoms with Gasteiger partial charge in [0, 0.05) is 37.4 Å². The first-order valence-electron chi connectivity index (χ1n) is 7.43. The Morgan fingerprint density at radius 2 is 1.92 bits per heavy atom. The van der Waals surface area contributed by atoms with E-state index in [0.29, 0.717) is 29.9 Å². The predicted octanol–water partition coefficient (Wildman–Crippen LogP) is 2.78. The molecule has 1 saturated heterocycles. The highest BCUT2D eigenvalue weighted by atomic mass is 19.3. The number of nitrogens with zero attached hydrogens (tertiary/aromatic N) is 3. The highest BCUT2D eigenvalue weighted by molar-refractivity contribution is 6.00. The number of anilines is 1. The molecule has 0 bridgehead atoms. The first-order chi connectivity index (χ1) is 11.2. The number of piperazine rings is 1. The summed E-state index contributed by atoms with van der Waals surface area (Å²) in [6.07, 6.45) is -3.69. The van der Waals surface area contributed by atoms with Crippen molar-refractivity contribution in [2.75, 3.05) is 37.6 Å². The van der Waals surface area contributed by atoms with Crippen molar-refractivity contribution in [1.29, 1.82) is 5.26 Å². The fourth-order valence-electron chi connectivity index (χ4n) is 2.67. The average molecular weight is 343 g/mol. The van der Waals surface area contributed by atoms with Crippen LogP contribution in [-0.2, 0) is 0 Å². The van der Waals surface area contributed by atoms with Crippen molar-refractivity contribution < 1.29 is 22.4 Å². The fraction of sp³-hybridized carbons (Fsp3) is 0.500. The number of hydrogen-bond acceptors (Lipinski definition) is 4. The van der Waals surface area contributed by atoms with Crippen molar-refractivity contribution in [2.24, 2.45) is 0 Å². The molecule has 0 amide bonds. The van der Waals surface area contributed by atoms with E-state index in [0.717, 1.165) is 0 Å². The molecule has 130 valence electrons. The summed E-state index contributed by atoms with van der Waals surface area (Å²) in [4.78, 5) is 14.8. The minimum Gasteiger partial charge on any atom is -0.368 e. The number of Topliss-reactive ketones (excluding diaryl/α,β-unsaturated/α-hetero) is 1. The van der Waals surface area contributed by atoms with Crippen LogP contribution in [0.15, 0.2) is 18.2 Å². The fourth-order valence-corrected chi connectivity index (χ4v) is 2.67. The number of halogens is 4. The lowest BCUT2D eigenvalue weighted by atomic mass is 10.0. The SMILES string of the molecule is CC(=O)c1ccc(C#N)cc1N1CCN(CC(F)(F)C(F)F)CC1. The predicted molar refractivity (Wildman–Crippen MR) is 80.8 cm³/mol. The number of benzene rings is 1. The third-order valence-corrected chi connectivity index (χ3v) is 3.97. The molecule has 0 unspecified atom stereocenters. The number of carbonyl (C=O) groups is 1. The van der Waals surface area contributed by atoms with Crippen molar-refractivity contribution >= 4 is 11.5 Å². The lowest BCUT2D eigenvalue weighted by Crippen LogP contribution is -2.51. The third kappa shape index (κ3) is 4.03. The third-order valence-electron chi connectivity index (χ3n) is 3.97. The van der Waals surface area contributed by atoms with Crippen LogP contribution in [0.1, 0.15) is 22.8 Å². The molecule has 4 nitrogen and oxygen atoms in total. The molecule has 24 heavy (non-hydrogen) atoms. The molecule has 0 radical (unpaired) electrons. The second-order valence-corrected chi connectivity index (χ2v) is 5.72. The zero-order valence-corrected chi connectivity index (χ0v) is 13.1. The molecule has 1 aromatic rings. The Kier molecular flexibility index (Phi) is 5.44. The largest absolute Gasteiger partial charge is 0.368 e. The van der Waals surface area contributed by atoms with Crippen molar-refractivity contribution in [1.82, 2.24) is 4.90 Å². The van der Waals surface area contributed by atoms with Crippen molar-refractivity contribution in [3.8, 4) is 6.07 Å². The van der Waals surface area contributed by atoms with Gasteiger partial charge in [0.1, 0.15) is 0 Å². The van der Waals surface area contributed by atoms with Crippen LogP contribution in [-0.4, -0.2) is 55.8 Å². The highest BCUT2D eigenvalue weighted by Gasteiger charge is 2.42. The van der Waals surface area contributed by atoms with E-state index in [1.54, 1.807) is 18.2 Å². The van der Waals surface area contributed by atoms with E-state index < -0.39 is 18.9 Å². The first kappa shape index (κ1) is 18.2. The van der Waals surface area contributed by atoms with E-state index in [2.05, 4.69) is 0 Å². The summed E-state index contributed by atoms with van der Waals surface area (Å²) in [6.45, 7) is 1.40. The molecule has 2 rings (SSSR count). The van der Waals surface area contributed by atoms with E-state index in [4.69, 9.17) is 5.26 Å². The standard InChI is InChI=1S/C16H17F4N3O/c1-11(24)13-3-2-12(9-21)8-14(13)23-6-4-22(5-7-23)10-16(19,20)15(17)18/h2-3,8,15H,4-7,10H2,1H3. The second kappa shape index (κ2) is 7.18. The van der Waals surface area contributed by atoms with Crippen LogP contribution >= 0.6 is 0 Å². The van der Waals surface area contributed by atoms with Gasteiger partial charge in [-0.15, -0.1) is 0 Å². The van der Waals surface area contributed by atoms with Gasteiger partial charge in [-0.05, 0) is 25.1 Å². The summed E-state index contributed by atoms with van der Waals surface area (Å²) in [6, 6.07) is 6.68. The maximum Gasteiger partial charge on any atom is 0.319 e. The summed E-state index contributed by atoms with van der Waals surface area (Å²) < 4.78 is 50.8. The van der Waals surface area contributed by atoms with Crippen LogP contribution in [0.3, 0.4) is 0 Å². The van der Waals surface area contributed by atoms with Crippen LogP contribution < -0.4 is 4.90 Å². The molecule has 0 aliphatic carbocycles. The number of ketones is 1. The molecule has 1 aliphatic rings. The molecule has 1 fully saturated rings. The number of nitriles is 1. The molecule has 0 saturated carbocycles. The van der Waals surface area contributed by atoms with Crippen molar-refractivity contribution in [3.63, 3.8) is 0 Å². The maximum atomic E-state index is 13.1. The topological polar surface area (TPSA) is 47.3 Å². The van der Waals surface area contributed by atoms with E-state index in [1.165, 1.54) is 11.8 Å². The normalized spacial score (nSPS) is 16.3. The van der Waals surface area contributed by atoms with Gasteiger partial charge in [0.15, 0.2) is 5.78 Å². The molecular weight excluding hydrogens is 326 g/mol. The Labute approximate surface area is 137 Å². The number of carbonyl (C=O) groups excluding carboxylic acids is 1. The molecule has 0 spiro atoms. The van der Waals surface area contributed by atoms with Crippen molar-refractivity contribution in [2.45, 2.75) is 19.3 Å². The summed E-state index contributed by atoms with van der Waals surface area (Å²) in [5.41, 5.74) is 1.41. The minimum atomic E-state index is -4.03. The van der Waals surface area contributed by atoms with Gasteiger partial charge in [-0.1, -0.05) is 0 Å². The van der Waals surface area contributed by atoms with Gasteiger partial charge in [-0.3, -0.25) is 9.69 Å². The lowest BCUT2D eigenvalue weighted by Gasteiger charge is -2.38. The minimum absolute atomic E-state index is 0.166. The van der Waals surface area contributed by atoms with E-state index in [1.807, 2.05) is 11.0 Å². The van der Waals surface area contributed by atoms with Gasteiger partial charge < -0.3 is 4.90 Å². The summed E-state index contributed by atoms with van der Waals surface area (Å²) in [7, 11) is 0. The van der Waals surface area contributed by atoms with Crippen LogP contribution in [0.4, 0.5) is 23.2 Å². The first-order valence-corrected chi connectivity index (χ1v) is 7.43. The van der Waals surface area contributed by atoms with Gasteiger partial charge in [0.25, 0.3) is 0 Å². The Morgan fingerprint density at radius 1 is 1.29 bits per heavy atom. The molecule has 1 aliphatic heterocycles. The van der Waals surface area contributed by atoms with E-state index >= 15 is 0 Å².